The van der Waals surface area contributed by atoms with Crippen LogP contribution in [0.4, 0.5) is 4.79 Å². The van der Waals surface area contributed by atoms with Gasteiger partial charge in [0.2, 0.25) is 0 Å². The van der Waals surface area contributed by atoms with Gasteiger partial charge in [-0.3, -0.25) is 4.90 Å². The van der Waals surface area contributed by atoms with Crippen LogP contribution in [0.3, 0.4) is 0 Å². The molecule has 3 aliphatic heterocycles. The van der Waals surface area contributed by atoms with E-state index in [0.717, 1.165) is 58.5 Å². The van der Waals surface area contributed by atoms with Gasteiger partial charge in [0, 0.05) is 58.3 Å². The van der Waals surface area contributed by atoms with E-state index in [1.807, 2.05) is 4.90 Å². The number of carbonyl (C=O) groups is 1. The van der Waals surface area contributed by atoms with Crippen molar-refractivity contribution < 1.29 is 14.3 Å². The van der Waals surface area contributed by atoms with Gasteiger partial charge in [0.05, 0.1) is 18.2 Å². The lowest BCUT2D eigenvalue weighted by molar-refractivity contribution is -0.175. The first kappa shape index (κ1) is 19.7. The van der Waals surface area contributed by atoms with Crippen molar-refractivity contribution in [1.29, 1.82) is 0 Å². The Balaban J connectivity index is 1.26. The van der Waals surface area contributed by atoms with Crippen LogP contribution >= 0.6 is 0 Å². The third kappa shape index (κ3) is 4.85. The fraction of sp³-hybridized carbons (Fsp3) is 0.682. The predicted octanol–water partition coefficient (Wildman–Crippen LogP) is 2.63. The molecule has 2 amide bonds. The molecule has 1 unspecified atom stereocenters. The summed E-state index contributed by atoms with van der Waals surface area (Å²) in [6.45, 7) is 7.91. The molecule has 1 atom stereocenters. The molecule has 0 aromatic heterocycles. The summed E-state index contributed by atoms with van der Waals surface area (Å²) in [5.41, 5.74) is 1.14. The van der Waals surface area contributed by atoms with Crippen LogP contribution in [0.5, 0.6) is 0 Å². The predicted molar refractivity (Wildman–Crippen MR) is 108 cm³/mol. The van der Waals surface area contributed by atoms with Crippen LogP contribution in [0.2, 0.25) is 0 Å². The summed E-state index contributed by atoms with van der Waals surface area (Å²) in [7, 11) is 0. The number of carbonyl (C=O) groups excluding carboxylic acids is 1. The van der Waals surface area contributed by atoms with Crippen molar-refractivity contribution in [3.05, 3.63) is 35.9 Å². The Kier molecular flexibility index (Phi) is 6.19. The van der Waals surface area contributed by atoms with Gasteiger partial charge in [-0.2, -0.15) is 0 Å². The Bertz CT molecular complexity index is 640. The van der Waals surface area contributed by atoms with E-state index < -0.39 is 0 Å². The lowest BCUT2D eigenvalue weighted by Gasteiger charge is -2.47. The zero-order valence-corrected chi connectivity index (χ0v) is 16.9. The summed E-state index contributed by atoms with van der Waals surface area (Å²) < 4.78 is 11.7. The van der Waals surface area contributed by atoms with Crippen LogP contribution in [0, 0.1) is 0 Å². The molecule has 1 aromatic rings. The number of likely N-dealkylation sites (tertiary alicyclic amines) is 1. The molecular formula is C22H33N3O3. The van der Waals surface area contributed by atoms with Gasteiger partial charge in [-0.1, -0.05) is 30.3 Å². The Morgan fingerprint density at radius 1 is 1.18 bits per heavy atom. The summed E-state index contributed by atoms with van der Waals surface area (Å²) in [6, 6.07) is 10.9. The van der Waals surface area contributed by atoms with Crippen LogP contribution in [-0.4, -0.2) is 73.0 Å². The third-order valence-corrected chi connectivity index (χ3v) is 6.26. The van der Waals surface area contributed by atoms with Crippen LogP contribution in [0.15, 0.2) is 30.3 Å². The number of rotatable bonds is 3. The van der Waals surface area contributed by atoms with Crippen LogP contribution in [-0.2, 0) is 16.0 Å². The lowest BCUT2D eigenvalue weighted by atomic mass is 9.91. The zero-order chi connectivity index (χ0) is 19.4. The number of morpholine rings is 1. The van der Waals surface area contributed by atoms with Crippen molar-refractivity contribution in [3.63, 3.8) is 0 Å². The van der Waals surface area contributed by atoms with Crippen molar-refractivity contribution in [3.8, 4) is 0 Å². The second-order valence-electron chi connectivity index (χ2n) is 8.59. The highest BCUT2D eigenvalue weighted by Gasteiger charge is 2.42. The maximum absolute atomic E-state index is 12.9. The minimum Gasteiger partial charge on any atom is -0.381 e. The molecule has 4 rings (SSSR count). The maximum atomic E-state index is 12.9. The minimum atomic E-state index is -0.216. The van der Waals surface area contributed by atoms with Gasteiger partial charge >= 0.3 is 6.03 Å². The number of piperidine rings is 1. The second kappa shape index (κ2) is 8.80. The summed E-state index contributed by atoms with van der Waals surface area (Å²) in [5.74, 6) is 0. The first-order chi connectivity index (χ1) is 13.6. The van der Waals surface area contributed by atoms with Crippen LogP contribution < -0.4 is 5.32 Å². The average Bonchev–Trinajstić information content (AvgIpc) is 2.70. The molecule has 154 valence electrons. The molecule has 0 bridgehead atoms. The first-order valence-corrected chi connectivity index (χ1v) is 10.7. The van der Waals surface area contributed by atoms with Crippen molar-refractivity contribution in [2.45, 2.75) is 56.9 Å². The molecule has 1 N–H and O–H groups in total. The lowest BCUT2D eigenvalue weighted by Crippen LogP contribution is -2.61. The smallest absolute Gasteiger partial charge is 0.317 e. The third-order valence-electron chi connectivity index (χ3n) is 6.26. The van der Waals surface area contributed by atoms with E-state index in [2.05, 4.69) is 47.5 Å². The van der Waals surface area contributed by atoms with Gasteiger partial charge in [-0.25, -0.2) is 4.79 Å². The van der Waals surface area contributed by atoms with E-state index in [1.165, 1.54) is 5.56 Å². The van der Waals surface area contributed by atoms with E-state index in [4.69, 9.17) is 9.47 Å². The van der Waals surface area contributed by atoms with Gasteiger partial charge in [-0.05, 0) is 25.3 Å². The topological polar surface area (TPSA) is 54.0 Å². The molecule has 0 saturated carbocycles. The van der Waals surface area contributed by atoms with Crippen LogP contribution in [0.1, 0.15) is 38.2 Å². The Morgan fingerprint density at radius 2 is 1.89 bits per heavy atom. The van der Waals surface area contributed by atoms with Gasteiger partial charge in [-0.15, -0.1) is 0 Å². The van der Waals surface area contributed by atoms with Crippen LogP contribution in [0.25, 0.3) is 0 Å². The highest BCUT2D eigenvalue weighted by Crippen LogP contribution is 2.31. The summed E-state index contributed by atoms with van der Waals surface area (Å²) >= 11 is 0. The molecule has 6 heteroatoms. The number of amides is 2. The highest BCUT2D eigenvalue weighted by molar-refractivity contribution is 5.74. The fourth-order valence-corrected chi connectivity index (χ4v) is 4.74. The minimum absolute atomic E-state index is 0.0718. The fourth-order valence-electron chi connectivity index (χ4n) is 4.74. The monoisotopic (exact) mass is 387 g/mol. The van der Waals surface area contributed by atoms with E-state index in [1.54, 1.807) is 0 Å². The number of nitrogens with one attached hydrogen (secondary N) is 1. The van der Waals surface area contributed by atoms with Crippen molar-refractivity contribution >= 4 is 6.03 Å². The first-order valence-electron chi connectivity index (χ1n) is 10.7. The van der Waals surface area contributed by atoms with Gasteiger partial charge in [0.15, 0.2) is 0 Å². The van der Waals surface area contributed by atoms with E-state index in [9.17, 15) is 4.79 Å². The number of nitrogens with zero attached hydrogens (tertiary/aromatic N) is 2. The van der Waals surface area contributed by atoms with Crippen molar-refractivity contribution in [1.82, 2.24) is 15.1 Å². The normalized spacial score (nSPS) is 26.3. The van der Waals surface area contributed by atoms with E-state index >= 15 is 0 Å². The molecule has 0 radical (unpaired) electrons. The Hall–Kier alpha value is -1.63. The quantitative estimate of drug-likeness (QED) is 0.866. The molecule has 3 aliphatic rings. The molecule has 3 fully saturated rings. The SMILES string of the molecule is CC1CN(C(=O)NC2CCN(Cc3ccccc3)CC2)CC2(CCOCC2)O1. The zero-order valence-electron chi connectivity index (χ0n) is 16.9. The van der Waals surface area contributed by atoms with E-state index in [0.29, 0.717) is 13.1 Å². The molecule has 28 heavy (non-hydrogen) atoms. The number of hydrogen-bond acceptors (Lipinski definition) is 4. The summed E-state index contributed by atoms with van der Waals surface area (Å²) in [5, 5.41) is 3.29. The maximum Gasteiger partial charge on any atom is 0.317 e. The molecule has 6 nitrogen and oxygen atoms in total. The second-order valence-corrected chi connectivity index (χ2v) is 8.59. The highest BCUT2D eigenvalue weighted by atomic mass is 16.5. The molecule has 1 spiro atoms. The number of ether oxygens (including phenoxy) is 2. The van der Waals surface area contributed by atoms with Gasteiger partial charge in [0.1, 0.15) is 0 Å². The summed E-state index contributed by atoms with van der Waals surface area (Å²) in [4.78, 5) is 17.4. The Morgan fingerprint density at radius 3 is 2.61 bits per heavy atom. The molecule has 0 aliphatic carbocycles. The van der Waals surface area contributed by atoms with Gasteiger partial charge in [0.25, 0.3) is 0 Å². The van der Waals surface area contributed by atoms with Gasteiger partial charge < -0.3 is 19.7 Å². The van der Waals surface area contributed by atoms with Crippen molar-refractivity contribution in [2.75, 3.05) is 39.4 Å². The molecular weight excluding hydrogens is 354 g/mol. The Labute approximate surface area is 168 Å². The number of urea groups is 1. The number of benzene rings is 1. The molecule has 1 aromatic carbocycles. The standard InChI is InChI=1S/C22H33N3O3/c1-18-15-25(17-22(28-18)9-13-27-14-10-22)21(26)23-20-7-11-24(12-8-20)16-19-5-3-2-4-6-19/h2-6,18,20H,7-17H2,1H3,(H,23,26). The molecule has 3 saturated heterocycles. The summed E-state index contributed by atoms with van der Waals surface area (Å²) in [6.07, 6.45) is 3.85. The van der Waals surface area contributed by atoms with Crippen molar-refractivity contribution in [2.24, 2.45) is 0 Å². The van der Waals surface area contributed by atoms with E-state index in [-0.39, 0.29) is 23.8 Å². The largest absolute Gasteiger partial charge is 0.381 e. The number of hydrogen-bond donors (Lipinski definition) is 1. The average molecular weight is 388 g/mol. The molecule has 3 heterocycles.